The van der Waals surface area contributed by atoms with Gasteiger partial charge in [-0.15, -0.1) is 0 Å². The number of carbonyl (C=O) groups is 1. The van der Waals surface area contributed by atoms with Crippen LogP contribution in [0.15, 0.2) is 30.3 Å². The Morgan fingerprint density at radius 1 is 1.38 bits per heavy atom. The van der Waals surface area contributed by atoms with Crippen molar-refractivity contribution in [1.29, 1.82) is 0 Å². The van der Waals surface area contributed by atoms with Crippen molar-refractivity contribution in [2.75, 3.05) is 6.61 Å². The van der Waals surface area contributed by atoms with Crippen LogP contribution in [0.5, 0.6) is 0 Å². The van der Waals surface area contributed by atoms with Crippen molar-refractivity contribution in [2.45, 2.75) is 32.1 Å². The van der Waals surface area contributed by atoms with Crippen LogP contribution in [0.1, 0.15) is 37.7 Å². The normalized spacial score (nSPS) is 16.8. The molecule has 1 aliphatic carbocycles. The fourth-order valence-corrected chi connectivity index (χ4v) is 2.15. The monoisotopic (exact) mass is 218 g/mol. The molecule has 1 aromatic rings. The molecular weight excluding hydrogens is 200 g/mol. The molecule has 86 valence electrons. The Labute approximate surface area is 96.6 Å². The van der Waals surface area contributed by atoms with E-state index in [1.807, 2.05) is 25.1 Å². The summed E-state index contributed by atoms with van der Waals surface area (Å²) in [7, 11) is 0. The third-order valence-corrected chi connectivity index (χ3v) is 3.11. The number of ether oxygens (including phenoxy) is 1. The third-order valence-electron chi connectivity index (χ3n) is 3.11. The maximum atomic E-state index is 11.5. The summed E-state index contributed by atoms with van der Waals surface area (Å²) in [4.78, 5) is 11.5. The molecule has 0 aliphatic heterocycles. The number of benzene rings is 1. The number of esters is 1. The minimum absolute atomic E-state index is 0.0664. The quantitative estimate of drug-likeness (QED) is 0.710. The van der Waals surface area contributed by atoms with E-state index in [1.165, 1.54) is 18.4 Å². The van der Waals surface area contributed by atoms with Crippen LogP contribution in [0.4, 0.5) is 0 Å². The van der Waals surface area contributed by atoms with Crippen LogP contribution in [0.25, 0.3) is 0 Å². The zero-order valence-electron chi connectivity index (χ0n) is 9.69. The van der Waals surface area contributed by atoms with Gasteiger partial charge in [-0.2, -0.15) is 0 Å². The van der Waals surface area contributed by atoms with E-state index < -0.39 is 0 Å². The highest BCUT2D eigenvalue weighted by atomic mass is 16.5. The summed E-state index contributed by atoms with van der Waals surface area (Å²) in [6.07, 6.45) is 3.03. The average Bonchev–Trinajstić information content (AvgIpc) is 3.11. The van der Waals surface area contributed by atoms with E-state index in [4.69, 9.17) is 4.74 Å². The van der Waals surface area contributed by atoms with Crippen molar-refractivity contribution in [3.63, 3.8) is 0 Å². The molecule has 0 aromatic heterocycles. The van der Waals surface area contributed by atoms with Gasteiger partial charge in [-0.1, -0.05) is 30.3 Å². The van der Waals surface area contributed by atoms with Gasteiger partial charge in [0.1, 0.15) is 0 Å². The molecule has 2 heteroatoms. The van der Waals surface area contributed by atoms with E-state index in [-0.39, 0.29) is 5.97 Å². The highest BCUT2D eigenvalue weighted by Crippen LogP contribution is 2.44. The van der Waals surface area contributed by atoms with E-state index in [2.05, 4.69) is 12.1 Å². The Bertz CT molecular complexity index is 341. The highest BCUT2D eigenvalue weighted by Gasteiger charge is 2.33. The van der Waals surface area contributed by atoms with Crippen LogP contribution in [-0.2, 0) is 9.53 Å². The number of hydrogen-bond acceptors (Lipinski definition) is 2. The topological polar surface area (TPSA) is 26.3 Å². The second-order valence-electron chi connectivity index (χ2n) is 4.36. The largest absolute Gasteiger partial charge is 0.466 e. The summed E-state index contributed by atoms with van der Waals surface area (Å²) in [5.41, 5.74) is 1.28. The van der Waals surface area contributed by atoms with Crippen molar-refractivity contribution in [1.82, 2.24) is 0 Å². The van der Waals surface area contributed by atoms with Crippen LogP contribution in [-0.4, -0.2) is 12.6 Å². The molecule has 1 atom stereocenters. The highest BCUT2D eigenvalue weighted by molar-refractivity contribution is 5.70. The molecule has 0 radical (unpaired) electrons. The van der Waals surface area contributed by atoms with Gasteiger partial charge in [0, 0.05) is 0 Å². The van der Waals surface area contributed by atoms with Crippen LogP contribution in [0.2, 0.25) is 0 Å². The molecule has 1 aromatic carbocycles. The molecule has 0 spiro atoms. The summed E-state index contributed by atoms with van der Waals surface area (Å²) < 4.78 is 5.03. The predicted octanol–water partition coefficient (Wildman–Crippen LogP) is 3.13. The minimum Gasteiger partial charge on any atom is -0.466 e. The van der Waals surface area contributed by atoms with Crippen LogP contribution >= 0.6 is 0 Å². The molecule has 0 N–H and O–H groups in total. The summed E-state index contributed by atoms with van der Waals surface area (Å²) in [6, 6.07) is 10.3. The van der Waals surface area contributed by atoms with Gasteiger partial charge in [0.25, 0.3) is 0 Å². The first-order chi connectivity index (χ1) is 7.81. The summed E-state index contributed by atoms with van der Waals surface area (Å²) >= 11 is 0. The SMILES string of the molecule is CCOC(=O)C[C@@H](c1ccccc1)C1CC1. The summed E-state index contributed by atoms with van der Waals surface area (Å²) in [5.74, 6) is 0.982. The fraction of sp³-hybridized carbons (Fsp3) is 0.500. The molecule has 0 saturated heterocycles. The first-order valence-electron chi connectivity index (χ1n) is 6.02. The second-order valence-corrected chi connectivity index (χ2v) is 4.36. The Kier molecular flexibility index (Phi) is 3.60. The third kappa shape index (κ3) is 2.84. The molecule has 2 rings (SSSR count). The lowest BCUT2D eigenvalue weighted by atomic mass is 9.91. The Hall–Kier alpha value is -1.31. The summed E-state index contributed by atoms with van der Waals surface area (Å²) in [6.45, 7) is 2.33. The molecule has 1 saturated carbocycles. The first kappa shape index (κ1) is 11.2. The Balaban J connectivity index is 2.03. The maximum absolute atomic E-state index is 11.5. The number of hydrogen-bond donors (Lipinski definition) is 0. The van der Waals surface area contributed by atoms with Gasteiger partial charge in [0.05, 0.1) is 13.0 Å². The van der Waals surface area contributed by atoms with E-state index in [0.29, 0.717) is 24.9 Å². The predicted molar refractivity (Wildman–Crippen MR) is 63.2 cm³/mol. The van der Waals surface area contributed by atoms with Crippen molar-refractivity contribution >= 4 is 5.97 Å². The van der Waals surface area contributed by atoms with Crippen LogP contribution in [0, 0.1) is 5.92 Å². The van der Waals surface area contributed by atoms with Crippen LogP contribution in [0.3, 0.4) is 0 Å². The zero-order valence-corrected chi connectivity index (χ0v) is 9.69. The molecule has 0 heterocycles. The van der Waals surface area contributed by atoms with E-state index >= 15 is 0 Å². The molecule has 1 aliphatic rings. The summed E-state index contributed by atoms with van der Waals surface area (Å²) in [5, 5.41) is 0. The van der Waals surface area contributed by atoms with E-state index in [0.717, 1.165) is 0 Å². The lowest BCUT2D eigenvalue weighted by Gasteiger charge is -2.15. The second kappa shape index (κ2) is 5.15. The van der Waals surface area contributed by atoms with Crippen molar-refractivity contribution in [2.24, 2.45) is 5.92 Å². The van der Waals surface area contributed by atoms with Gasteiger partial charge in [-0.25, -0.2) is 0 Å². The first-order valence-corrected chi connectivity index (χ1v) is 6.02. The lowest BCUT2D eigenvalue weighted by Crippen LogP contribution is -2.11. The minimum atomic E-state index is -0.0664. The molecule has 0 amide bonds. The lowest BCUT2D eigenvalue weighted by molar-refractivity contribution is -0.143. The molecule has 1 fully saturated rings. The van der Waals surface area contributed by atoms with Crippen molar-refractivity contribution in [3.05, 3.63) is 35.9 Å². The number of rotatable bonds is 5. The molecule has 0 bridgehead atoms. The van der Waals surface area contributed by atoms with Gasteiger partial charge in [0.15, 0.2) is 0 Å². The fourth-order valence-electron chi connectivity index (χ4n) is 2.15. The van der Waals surface area contributed by atoms with Gasteiger partial charge < -0.3 is 4.74 Å². The van der Waals surface area contributed by atoms with Crippen LogP contribution < -0.4 is 0 Å². The van der Waals surface area contributed by atoms with Crippen molar-refractivity contribution in [3.8, 4) is 0 Å². The Morgan fingerprint density at radius 2 is 2.06 bits per heavy atom. The van der Waals surface area contributed by atoms with Gasteiger partial charge in [0.2, 0.25) is 0 Å². The maximum Gasteiger partial charge on any atom is 0.306 e. The standard InChI is InChI=1S/C14H18O2/c1-2-16-14(15)10-13(12-8-9-12)11-6-4-3-5-7-11/h3-7,12-13H,2,8-10H2,1H3/t13-/m0/s1. The van der Waals surface area contributed by atoms with Gasteiger partial charge in [-0.05, 0) is 37.2 Å². The van der Waals surface area contributed by atoms with Gasteiger partial charge in [-0.3, -0.25) is 4.79 Å². The molecule has 0 unspecified atom stereocenters. The molecular formula is C14H18O2. The average molecular weight is 218 g/mol. The zero-order chi connectivity index (χ0) is 11.4. The molecule has 16 heavy (non-hydrogen) atoms. The molecule has 2 nitrogen and oxygen atoms in total. The van der Waals surface area contributed by atoms with Crippen molar-refractivity contribution < 1.29 is 9.53 Å². The van der Waals surface area contributed by atoms with Gasteiger partial charge >= 0.3 is 5.97 Å². The van der Waals surface area contributed by atoms with E-state index in [1.54, 1.807) is 0 Å². The Morgan fingerprint density at radius 3 is 2.62 bits per heavy atom. The number of carbonyl (C=O) groups excluding carboxylic acids is 1. The smallest absolute Gasteiger partial charge is 0.306 e. The van der Waals surface area contributed by atoms with E-state index in [9.17, 15) is 4.79 Å².